The summed E-state index contributed by atoms with van der Waals surface area (Å²) in [6.07, 6.45) is 5.83. The monoisotopic (exact) mass is 542 g/mol. The van der Waals surface area contributed by atoms with E-state index in [4.69, 9.17) is 9.41 Å². The summed E-state index contributed by atoms with van der Waals surface area (Å²) >= 11 is 0. The van der Waals surface area contributed by atoms with E-state index < -0.39 is 12.7 Å². The zero-order chi connectivity index (χ0) is 20.5. The summed E-state index contributed by atoms with van der Waals surface area (Å²) in [4.78, 5) is 6.27. The molecule has 1 aliphatic carbocycles. The third kappa shape index (κ3) is 9.45. The molecule has 0 aromatic carbocycles. The first-order chi connectivity index (χ1) is 14.0. The highest BCUT2D eigenvalue weighted by molar-refractivity contribution is 14.0. The molecular weight excluding hydrogens is 508 g/mol. The van der Waals surface area contributed by atoms with Crippen LogP contribution in [0.1, 0.15) is 50.7 Å². The van der Waals surface area contributed by atoms with Crippen LogP contribution in [0.25, 0.3) is 0 Å². The molecule has 0 amide bonds. The summed E-state index contributed by atoms with van der Waals surface area (Å²) < 4.78 is 42.9. The Bertz CT molecular complexity index is 610. The predicted molar refractivity (Wildman–Crippen MR) is 123 cm³/mol. The first-order valence-electron chi connectivity index (χ1n) is 10.8. The van der Waals surface area contributed by atoms with Crippen molar-refractivity contribution in [2.75, 3.05) is 32.7 Å². The number of guanidine groups is 1. The average molecular weight is 542 g/mol. The van der Waals surface area contributed by atoms with E-state index in [9.17, 15) is 13.2 Å². The first kappa shape index (κ1) is 25.3. The molecule has 2 N–H and O–H groups in total. The smallest absolute Gasteiger partial charge is 0.401 e. The molecule has 1 aromatic heterocycles. The van der Waals surface area contributed by atoms with Gasteiger partial charge in [-0.15, -0.1) is 24.0 Å². The van der Waals surface area contributed by atoms with E-state index in [0.29, 0.717) is 31.6 Å². The number of hydrogen-bond acceptors (Lipinski definition) is 3. The number of nitrogens with zero attached hydrogens (tertiary/aromatic N) is 2. The second kappa shape index (κ2) is 12.8. The molecule has 0 bridgehead atoms. The summed E-state index contributed by atoms with van der Waals surface area (Å²) in [5.74, 6) is 2.25. The topological polar surface area (TPSA) is 52.8 Å². The number of hydrogen-bond donors (Lipinski definition) is 2. The van der Waals surface area contributed by atoms with Crippen LogP contribution in [-0.4, -0.2) is 55.8 Å². The number of furan rings is 1. The Morgan fingerprint density at radius 2 is 1.90 bits per heavy atom. The molecule has 1 saturated carbocycles. The van der Waals surface area contributed by atoms with Crippen LogP contribution in [0.3, 0.4) is 0 Å². The minimum atomic E-state index is -4.10. The van der Waals surface area contributed by atoms with Crippen molar-refractivity contribution in [3.05, 3.63) is 24.2 Å². The highest BCUT2D eigenvalue weighted by Crippen LogP contribution is 2.24. The van der Waals surface area contributed by atoms with E-state index in [-0.39, 0.29) is 24.0 Å². The molecule has 0 atom stereocenters. The van der Waals surface area contributed by atoms with Gasteiger partial charge in [-0.05, 0) is 63.2 Å². The number of rotatable bonds is 8. The molecule has 2 fully saturated rings. The van der Waals surface area contributed by atoms with Crippen molar-refractivity contribution in [1.29, 1.82) is 0 Å². The van der Waals surface area contributed by atoms with Gasteiger partial charge in [-0.3, -0.25) is 9.89 Å². The second-order valence-electron chi connectivity index (χ2n) is 8.24. The number of aliphatic imine (C=N–C) groups is 1. The third-order valence-corrected chi connectivity index (χ3v) is 5.86. The average Bonchev–Trinajstić information content (AvgIpc) is 3.36. The molecule has 2 aliphatic rings. The van der Waals surface area contributed by atoms with Crippen LogP contribution in [-0.2, 0) is 6.42 Å². The van der Waals surface area contributed by atoms with Gasteiger partial charge in [0.1, 0.15) is 5.76 Å². The van der Waals surface area contributed by atoms with Crippen molar-refractivity contribution in [2.24, 2.45) is 10.9 Å². The van der Waals surface area contributed by atoms with Gasteiger partial charge >= 0.3 is 6.18 Å². The van der Waals surface area contributed by atoms with Gasteiger partial charge in [0.15, 0.2) is 5.96 Å². The van der Waals surface area contributed by atoms with Gasteiger partial charge in [0.05, 0.1) is 12.8 Å². The van der Waals surface area contributed by atoms with Gasteiger partial charge in [-0.25, -0.2) is 0 Å². The number of halogens is 4. The number of likely N-dealkylation sites (tertiary alicyclic amines) is 1. The fourth-order valence-corrected chi connectivity index (χ4v) is 4.22. The van der Waals surface area contributed by atoms with E-state index >= 15 is 0 Å². The van der Waals surface area contributed by atoms with Gasteiger partial charge in [0, 0.05) is 25.6 Å². The molecule has 172 valence electrons. The summed E-state index contributed by atoms with van der Waals surface area (Å²) in [6, 6.07) is 4.34. The van der Waals surface area contributed by atoms with E-state index in [1.165, 1.54) is 30.6 Å². The highest BCUT2D eigenvalue weighted by Gasteiger charge is 2.32. The van der Waals surface area contributed by atoms with Crippen molar-refractivity contribution in [2.45, 2.75) is 63.6 Å². The summed E-state index contributed by atoms with van der Waals surface area (Å²) in [7, 11) is 0. The Morgan fingerprint density at radius 1 is 1.17 bits per heavy atom. The standard InChI is InChI=1S/C21H33F3N4O.HI/c22-21(23,24)16-28-13-9-17(10-14-28)7-11-25-20(27-18-4-1-2-5-18)26-12-8-19-6-3-15-29-19;/h3,6,15,17-18H,1-2,4-5,7-14,16H2,(H2,25,26,27);1H. The minimum Gasteiger partial charge on any atom is -0.469 e. The van der Waals surface area contributed by atoms with E-state index in [1.54, 1.807) is 6.26 Å². The van der Waals surface area contributed by atoms with Crippen molar-refractivity contribution in [3.8, 4) is 0 Å². The van der Waals surface area contributed by atoms with Gasteiger partial charge in [0.25, 0.3) is 0 Å². The maximum Gasteiger partial charge on any atom is 0.401 e. The lowest BCUT2D eigenvalue weighted by molar-refractivity contribution is -0.148. The molecular formula is C21H34F3IN4O. The Hall–Kier alpha value is -0.970. The predicted octanol–water partition coefficient (Wildman–Crippen LogP) is 4.58. The quantitative estimate of drug-likeness (QED) is 0.287. The lowest BCUT2D eigenvalue weighted by Gasteiger charge is -2.32. The molecule has 0 unspecified atom stereocenters. The van der Waals surface area contributed by atoms with Crippen LogP contribution in [0.5, 0.6) is 0 Å². The molecule has 2 heterocycles. The molecule has 30 heavy (non-hydrogen) atoms. The summed E-state index contributed by atoms with van der Waals surface area (Å²) in [5, 5.41) is 6.94. The molecule has 0 spiro atoms. The zero-order valence-corrected chi connectivity index (χ0v) is 19.8. The van der Waals surface area contributed by atoms with Gasteiger partial charge in [0.2, 0.25) is 0 Å². The number of alkyl halides is 3. The zero-order valence-electron chi connectivity index (χ0n) is 17.4. The van der Waals surface area contributed by atoms with Crippen molar-refractivity contribution in [1.82, 2.24) is 15.5 Å². The normalized spacial score (nSPS) is 19.6. The van der Waals surface area contributed by atoms with Crippen LogP contribution in [0, 0.1) is 5.92 Å². The van der Waals surface area contributed by atoms with Gasteiger partial charge < -0.3 is 15.1 Å². The van der Waals surface area contributed by atoms with Crippen LogP contribution < -0.4 is 10.6 Å². The highest BCUT2D eigenvalue weighted by atomic mass is 127. The van der Waals surface area contributed by atoms with Crippen LogP contribution in [0.4, 0.5) is 13.2 Å². The molecule has 1 saturated heterocycles. The third-order valence-electron chi connectivity index (χ3n) is 5.86. The minimum absolute atomic E-state index is 0. The molecule has 1 aromatic rings. The van der Waals surface area contributed by atoms with E-state index in [2.05, 4.69) is 10.6 Å². The Morgan fingerprint density at radius 3 is 2.53 bits per heavy atom. The van der Waals surface area contributed by atoms with Crippen LogP contribution in [0.15, 0.2) is 27.8 Å². The second-order valence-corrected chi connectivity index (χ2v) is 8.24. The van der Waals surface area contributed by atoms with Gasteiger partial charge in [-0.1, -0.05) is 12.8 Å². The van der Waals surface area contributed by atoms with Crippen molar-refractivity contribution in [3.63, 3.8) is 0 Å². The van der Waals surface area contributed by atoms with E-state index in [0.717, 1.165) is 43.9 Å². The largest absolute Gasteiger partial charge is 0.469 e. The number of piperidine rings is 1. The Kier molecular flexibility index (Phi) is 10.8. The summed E-state index contributed by atoms with van der Waals surface area (Å²) in [6.45, 7) is 1.73. The van der Waals surface area contributed by atoms with Gasteiger partial charge in [-0.2, -0.15) is 13.2 Å². The fraction of sp³-hybridized carbons (Fsp3) is 0.762. The number of nitrogens with one attached hydrogen (secondary N) is 2. The fourth-order valence-electron chi connectivity index (χ4n) is 4.22. The van der Waals surface area contributed by atoms with Crippen LogP contribution >= 0.6 is 24.0 Å². The lowest BCUT2D eigenvalue weighted by atomic mass is 9.93. The van der Waals surface area contributed by atoms with Crippen molar-refractivity contribution < 1.29 is 17.6 Å². The molecule has 3 rings (SSSR count). The molecule has 1 aliphatic heterocycles. The Balaban J connectivity index is 0.00000320. The Labute approximate surface area is 194 Å². The van der Waals surface area contributed by atoms with Crippen molar-refractivity contribution >= 4 is 29.9 Å². The maximum atomic E-state index is 12.5. The molecule has 9 heteroatoms. The van der Waals surface area contributed by atoms with Crippen LogP contribution in [0.2, 0.25) is 0 Å². The molecule has 5 nitrogen and oxygen atoms in total. The summed E-state index contributed by atoms with van der Waals surface area (Å²) in [5.41, 5.74) is 0. The molecule has 0 radical (unpaired) electrons. The van der Waals surface area contributed by atoms with E-state index in [1.807, 2.05) is 12.1 Å². The lowest BCUT2D eigenvalue weighted by Crippen LogP contribution is -2.43. The first-order valence-corrected chi connectivity index (χ1v) is 10.8. The maximum absolute atomic E-state index is 12.5. The SMILES string of the molecule is FC(F)(F)CN1CCC(CCN=C(NCCc2ccco2)NC2CCCC2)CC1.I.